The Hall–Kier alpha value is -2.22. The lowest BCUT2D eigenvalue weighted by Crippen LogP contribution is -2.42. The van der Waals surface area contributed by atoms with Crippen LogP contribution in [0.25, 0.3) is 16.8 Å². The number of ether oxygens (including phenoxy) is 1. The molecule has 0 unspecified atom stereocenters. The van der Waals surface area contributed by atoms with E-state index in [1.165, 1.54) is 16.8 Å². The van der Waals surface area contributed by atoms with Crippen LogP contribution in [0.5, 0.6) is 0 Å². The van der Waals surface area contributed by atoms with Gasteiger partial charge in [-0.05, 0) is 18.6 Å². The van der Waals surface area contributed by atoms with Crippen LogP contribution in [0.1, 0.15) is 6.42 Å². The van der Waals surface area contributed by atoms with Crippen LogP contribution in [-0.2, 0) is 4.74 Å². The SMILES string of the molecule is O[C@@H]1COCC[C@H]1Nc1ncc2c(F)cc(-c3ccc(Cl)cc3)n2n1. The van der Waals surface area contributed by atoms with Crippen LogP contribution in [0.4, 0.5) is 10.3 Å². The van der Waals surface area contributed by atoms with Crippen molar-refractivity contribution in [2.24, 2.45) is 0 Å². The minimum Gasteiger partial charge on any atom is -0.389 e. The molecule has 0 saturated carbocycles. The zero-order valence-electron chi connectivity index (χ0n) is 13.2. The molecule has 130 valence electrons. The number of nitrogens with one attached hydrogen (secondary N) is 1. The Labute approximate surface area is 148 Å². The fourth-order valence-corrected chi connectivity index (χ4v) is 3.03. The second-order valence-electron chi connectivity index (χ2n) is 5.95. The maximum absolute atomic E-state index is 14.2. The fourth-order valence-electron chi connectivity index (χ4n) is 2.90. The van der Waals surface area contributed by atoms with Gasteiger partial charge in [0.25, 0.3) is 0 Å². The fraction of sp³-hybridized carbons (Fsp3) is 0.294. The molecule has 1 saturated heterocycles. The first kappa shape index (κ1) is 16.3. The predicted octanol–water partition coefficient (Wildman–Crippen LogP) is 2.75. The summed E-state index contributed by atoms with van der Waals surface area (Å²) in [6.07, 6.45) is 1.44. The smallest absolute Gasteiger partial charge is 0.241 e. The first-order valence-electron chi connectivity index (χ1n) is 7.94. The van der Waals surface area contributed by atoms with Crippen LogP contribution in [-0.4, -0.2) is 45.1 Å². The number of hydrogen-bond donors (Lipinski definition) is 2. The molecule has 2 atom stereocenters. The lowest BCUT2D eigenvalue weighted by Gasteiger charge is -2.28. The van der Waals surface area contributed by atoms with E-state index in [2.05, 4.69) is 15.4 Å². The molecule has 0 bridgehead atoms. The monoisotopic (exact) mass is 362 g/mol. The molecule has 25 heavy (non-hydrogen) atoms. The third-order valence-electron chi connectivity index (χ3n) is 4.25. The van der Waals surface area contributed by atoms with Crippen LogP contribution in [0.2, 0.25) is 5.02 Å². The molecule has 0 aliphatic carbocycles. The molecule has 4 rings (SSSR count). The van der Waals surface area contributed by atoms with E-state index in [1.807, 2.05) is 0 Å². The zero-order valence-corrected chi connectivity index (χ0v) is 13.9. The van der Waals surface area contributed by atoms with Crippen LogP contribution in [0.15, 0.2) is 36.5 Å². The number of aliphatic hydroxyl groups excluding tert-OH is 1. The molecule has 2 aromatic heterocycles. The molecule has 0 spiro atoms. The Bertz CT molecular complexity index is 900. The summed E-state index contributed by atoms with van der Waals surface area (Å²) in [5.74, 6) is -0.0770. The molecule has 1 aliphatic heterocycles. The van der Waals surface area contributed by atoms with Crippen molar-refractivity contribution in [2.75, 3.05) is 18.5 Å². The Morgan fingerprint density at radius 2 is 2.12 bits per heavy atom. The van der Waals surface area contributed by atoms with E-state index in [9.17, 15) is 9.50 Å². The van der Waals surface area contributed by atoms with E-state index in [-0.39, 0.29) is 18.2 Å². The van der Waals surface area contributed by atoms with E-state index in [0.29, 0.717) is 29.7 Å². The normalized spacial score (nSPS) is 20.8. The number of anilines is 1. The molecule has 1 aliphatic rings. The Kier molecular flexibility index (Phi) is 4.29. The average Bonchev–Trinajstić information content (AvgIpc) is 2.94. The summed E-state index contributed by atoms with van der Waals surface area (Å²) < 4.78 is 20.9. The quantitative estimate of drug-likeness (QED) is 0.749. The summed E-state index contributed by atoms with van der Waals surface area (Å²) in [6.45, 7) is 0.833. The van der Waals surface area contributed by atoms with Crippen molar-refractivity contribution in [1.82, 2.24) is 14.6 Å². The second kappa shape index (κ2) is 6.59. The standard InChI is InChI=1S/C17H16ClFN4O2/c18-11-3-1-10(2-4-11)14-7-12(19)15-8-20-17(22-23(14)15)21-13-5-6-25-9-16(13)24/h1-4,7-8,13,16,24H,5-6,9H2,(H,21,22)/t13-,16-/m1/s1. The topological polar surface area (TPSA) is 71.7 Å². The number of benzene rings is 1. The molecule has 2 N–H and O–H groups in total. The number of hydrogen-bond acceptors (Lipinski definition) is 5. The minimum atomic E-state index is -0.634. The van der Waals surface area contributed by atoms with Gasteiger partial charge in [0, 0.05) is 23.3 Å². The predicted molar refractivity (Wildman–Crippen MR) is 92.2 cm³/mol. The van der Waals surface area contributed by atoms with Gasteiger partial charge < -0.3 is 15.2 Å². The highest BCUT2D eigenvalue weighted by Crippen LogP contribution is 2.26. The Morgan fingerprint density at radius 1 is 1.32 bits per heavy atom. The van der Waals surface area contributed by atoms with Gasteiger partial charge in [0.15, 0.2) is 5.82 Å². The summed E-state index contributed by atoms with van der Waals surface area (Å²) in [4.78, 5) is 4.16. The van der Waals surface area contributed by atoms with Gasteiger partial charge in [0.1, 0.15) is 5.52 Å². The average molecular weight is 363 g/mol. The van der Waals surface area contributed by atoms with Crippen molar-refractivity contribution in [3.63, 3.8) is 0 Å². The first-order valence-corrected chi connectivity index (χ1v) is 8.32. The number of nitrogens with zero attached hydrogens (tertiary/aromatic N) is 3. The van der Waals surface area contributed by atoms with Crippen molar-refractivity contribution >= 4 is 23.1 Å². The Balaban J connectivity index is 1.71. The molecule has 0 radical (unpaired) electrons. The number of fused-ring (bicyclic) bond motifs is 1. The van der Waals surface area contributed by atoms with Crippen molar-refractivity contribution < 1.29 is 14.2 Å². The molecule has 3 aromatic rings. The largest absolute Gasteiger partial charge is 0.389 e. The summed E-state index contributed by atoms with van der Waals surface area (Å²) in [5.41, 5.74) is 1.67. The minimum absolute atomic E-state index is 0.203. The molecular weight excluding hydrogens is 347 g/mol. The van der Waals surface area contributed by atoms with Crippen molar-refractivity contribution in [1.29, 1.82) is 0 Å². The van der Waals surface area contributed by atoms with Crippen molar-refractivity contribution in [3.8, 4) is 11.3 Å². The molecule has 1 fully saturated rings. The summed E-state index contributed by atoms with van der Waals surface area (Å²) >= 11 is 5.92. The molecule has 8 heteroatoms. The number of halogens is 2. The summed E-state index contributed by atoms with van der Waals surface area (Å²) in [7, 11) is 0. The Morgan fingerprint density at radius 3 is 2.88 bits per heavy atom. The van der Waals surface area contributed by atoms with E-state index >= 15 is 0 Å². The van der Waals surface area contributed by atoms with Gasteiger partial charge in [0.05, 0.1) is 30.6 Å². The third kappa shape index (κ3) is 3.18. The van der Waals surface area contributed by atoms with Crippen LogP contribution >= 0.6 is 11.6 Å². The van der Waals surface area contributed by atoms with E-state index in [4.69, 9.17) is 16.3 Å². The van der Waals surface area contributed by atoms with E-state index < -0.39 is 11.9 Å². The van der Waals surface area contributed by atoms with E-state index in [1.54, 1.807) is 24.3 Å². The van der Waals surface area contributed by atoms with Crippen molar-refractivity contribution in [3.05, 3.63) is 47.4 Å². The zero-order chi connectivity index (χ0) is 17.4. The highest BCUT2D eigenvalue weighted by atomic mass is 35.5. The second-order valence-corrected chi connectivity index (χ2v) is 6.38. The van der Waals surface area contributed by atoms with Gasteiger partial charge in [-0.2, -0.15) is 0 Å². The summed E-state index contributed by atoms with van der Waals surface area (Å²) in [5, 5.41) is 18.1. The maximum atomic E-state index is 14.2. The lowest BCUT2D eigenvalue weighted by molar-refractivity contribution is -0.0136. The lowest BCUT2D eigenvalue weighted by atomic mass is 10.1. The molecule has 0 amide bonds. The third-order valence-corrected chi connectivity index (χ3v) is 4.50. The van der Waals surface area contributed by atoms with Gasteiger partial charge in [-0.25, -0.2) is 13.9 Å². The highest BCUT2D eigenvalue weighted by Gasteiger charge is 2.24. The van der Waals surface area contributed by atoms with Gasteiger partial charge in [-0.3, -0.25) is 0 Å². The molecule has 3 heterocycles. The first-order chi connectivity index (χ1) is 12.1. The van der Waals surface area contributed by atoms with Crippen LogP contribution in [0, 0.1) is 5.82 Å². The highest BCUT2D eigenvalue weighted by molar-refractivity contribution is 6.30. The molecule has 1 aromatic carbocycles. The van der Waals surface area contributed by atoms with Gasteiger partial charge in [-0.1, -0.05) is 23.7 Å². The van der Waals surface area contributed by atoms with Gasteiger partial charge in [-0.15, -0.1) is 5.10 Å². The van der Waals surface area contributed by atoms with Gasteiger partial charge >= 0.3 is 0 Å². The molecule has 6 nitrogen and oxygen atoms in total. The van der Waals surface area contributed by atoms with Crippen LogP contribution in [0.3, 0.4) is 0 Å². The van der Waals surface area contributed by atoms with Crippen molar-refractivity contribution in [2.45, 2.75) is 18.6 Å². The maximum Gasteiger partial charge on any atom is 0.241 e. The van der Waals surface area contributed by atoms with Gasteiger partial charge in [0.2, 0.25) is 5.95 Å². The number of aliphatic hydroxyl groups is 1. The number of rotatable bonds is 3. The summed E-state index contributed by atoms with van der Waals surface area (Å²) in [6, 6.07) is 8.31. The molecular formula is C17H16ClFN4O2. The number of aromatic nitrogens is 3. The van der Waals surface area contributed by atoms with Crippen LogP contribution < -0.4 is 5.32 Å². The van der Waals surface area contributed by atoms with E-state index in [0.717, 1.165) is 5.56 Å².